The van der Waals surface area contributed by atoms with Crippen molar-refractivity contribution in [1.82, 2.24) is 25.0 Å². The number of anilines is 2. The van der Waals surface area contributed by atoms with Gasteiger partial charge in [0.25, 0.3) is 0 Å². The molecule has 0 unspecified atom stereocenters. The second-order valence-electron chi connectivity index (χ2n) is 8.02. The minimum Gasteiger partial charge on any atom is -0.377 e. The van der Waals surface area contributed by atoms with Crippen LogP contribution in [0.4, 0.5) is 24.7 Å². The monoisotopic (exact) mass is 449 g/mol. The number of rotatable bonds is 4. The standard InChI is InChI=1S/C20H22F3N7O2/c1-12-11-32-9-8-28(12)15-10-14-19-18(25-15)17(13-2-5-24-26-13)27-30(19)6-3-16(31)29(14)7-4-20(21,22)23/h2,5,10,12H,3-4,6-9,11H2,1H3,(H,24,26)/t12-/m1/s1. The van der Waals surface area contributed by atoms with Crippen molar-refractivity contribution in [3.8, 4) is 11.4 Å². The number of morpholine rings is 1. The molecule has 0 radical (unpaired) electrons. The van der Waals surface area contributed by atoms with Crippen LogP contribution >= 0.6 is 0 Å². The number of halogens is 3. The van der Waals surface area contributed by atoms with Gasteiger partial charge in [0, 0.05) is 31.8 Å². The molecule has 1 amide bonds. The van der Waals surface area contributed by atoms with Gasteiger partial charge in [-0.05, 0) is 13.0 Å². The summed E-state index contributed by atoms with van der Waals surface area (Å²) >= 11 is 0. The molecule has 5 rings (SSSR count). The van der Waals surface area contributed by atoms with E-state index in [0.717, 1.165) is 0 Å². The molecule has 3 aromatic heterocycles. The summed E-state index contributed by atoms with van der Waals surface area (Å²) in [4.78, 5) is 21.0. The summed E-state index contributed by atoms with van der Waals surface area (Å²) in [5.74, 6) is 0.214. The largest absolute Gasteiger partial charge is 0.390 e. The van der Waals surface area contributed by atoms with Crippen molar-refractivity contribution in [3.63, 3.8) is 0 Å². The van der Waals surface area contributed by atoms with E-state index in [-0.39, 0.29) is 24.9 Å². The lowest BCUT2D eigenvalue weighted by Crippen LogP contribution is -2.44. The van der Waals surface area contributed by atoms with Gasteiger partial charge in [-0.25, -0.2) is 4.98 Å². The zero-order valence-corrected chi connectivity index (χ0v) is 17.4. The minimum absolute atomic E-state index is 0.0247. The number of hydrogen-bond donors (Lipinski definition) is 1. The van der Waals surface area contributed by atoms with Gasteiger partial charge in [0.1, 0.15) is 22.5 Å². The van der Waals surface area contributed by atoms with E-state index in [9.17, 15) is 18.0 Å². The molecule has 32 heavy (non-hydrogen) atoms. The van der Waals surface area contributed by atoms with Crippen LogP contribution in [-0.2, 0) is 16.1 Å². The number of aryl methyl sites for hydroxylation is 1. The van der Waals surface area contributed by atoms with Crippen LogP contribution in [0.2, 0.25) is 0 Å². The van der Waals surface area contributed by atoms with Crippen LogP contribution in [0, 0.1) is 0 Å². The highest BCUT2D eigenvalue weighted by atomic mass is 19.4. The molecular formula is C20H22F3N7O2. The predicted molar refractivity (Wildman–Crippen MR) is 110 cm³/mol. The topological polar surface area (TPSA) is 92.2 Å². The molecule has 3 aromatic rings. The van der Waals surface area contributed by atoms with E-state index in [1.807, 2.05) is 11.8 Å². The molecule has 1 fully saturated rings. The van der Waals surface area contributed by atoms with Crippen molar-refractivity contribution in [2.45, 2.75) is 38.5 Å². The van der Waals surface area contributed by atoms with Gasteiger partial charge in [-0.3, -0.25) is 14.6 Å². The quantitative estimate of drug-likeness (QED) is 0.659. The normalized spacial score (nSPS) is 19.6. The second kappa shape index (κ2) is 7.76. The summed E-state index contributed by atoms with van der Waals surface area (Å²) in [7, 11) is 0. The fraction of sp³-hybridized carbons (Fsp3) is 0.500. The zero-order chi connectivity index (χ0) is 22.5. The van der Waals surface area contributed by atoms with Gasteiger partial charge in [-0.2, -0.15) is 23.4 Å². The summed E-state index contributed by atoms with van der Waals surface area (Å²) in [6.07, 6.45) is -3.82. The van der Waals surface area contributed by atoms with E-state index in [1.165, 1.54) is 4.90 Å². The van der Waals surface area contributed by atoms with Crippen molar-refractivity contribution in [2.75, 3.05) is 36.1 Å². The summed E-state index contributed by atoms with van der Waals surface area (Å²) in [6, 6.07) is 3.49. The molecule has 2 aliphatic heterocycles. The first-order valence-corrected chi connectivity index (χ1v) is 10.4. The maximum absolute atomic E-state index is 13.0. The third kappa shape index (κ3) is 3.68. The van der Waals surface area contributed by atoms with E-state index < -0.39 is 19.1 Å². The number of aromatic nitrogens is 5. The number of nitrogens with zero attached hydrogens (tertiary/aromatic N) is 6. The van der Waals surface area contributed by atoms with Crippen LogP contribution in [0.3, 0.4) is 0 Å². The Labute approximate surface area is 181 Å². The van der Waals surface area contributed by atoms with Crippen molar-refractivity contribution in [2.24, 2.45) is 0 Å². The first-order valence-electron chi connectivity index (χ1n) is 10.4. The Bertz CT molecular complexity index is 1140. The average molecular weight is 449 g/mol. The fourth-order valence-corrected chi connectivity index (χ4v) is 4.26. The number of carbonyl (C=O) groups excluding carboxylic acids is 1. The lowest BCUT2D eigenvalue weighted by Gasteiger charge is -2.35. The molecule has 1 saturated heterocycles. The van der Waals surface area contributed by atoms with Gasteiger partial charge in [0.15, 0.2) is 0 Å². The van der Waals surface area contributed by atoms with Crippen LogP contribution in [0.5, 0.6) is 0 Å². The van der Waals surface area contributed by atoms with E-state index in [1.54, 1.807) is 23.0 Å². The molecule has 1 atom stereocenters. The molecule has 0 spiro atoms. The Morgan fingerprint density at radius 3 is 2.88 bits per heavy atom. The summed E-state index contributed by atoms with van der Waals surface area (Å²) in [6.45, 7) is 3.41. The first-order chi connectivity index (χ1) is 15.3. The van der Waals surface area contributed by atoms with Crippen molar-refractivity contribution < 1.29 is 22.7 Å². The predicted octanol–water partition coefficient (Wildman–Crippen LogP) is 2.74. The molecule has 2 aliphatic rings. The minimum atomic E-state index is -4.37. The second-order valence-corrected chi connectivity index (χ2v) is 8.02. The molecule has 0 aliphatic carbocycles. The third-order valence-electron chi connectivity index (χ3n) is 5.83. The number of carbonyl (C=O) groups is 1. The van der Waals surface area contributed by atoms with Crippen molar-refractivity contribution >= 4 is 28.4 Å². The Morgan fingerprint density at radius 2 is 2.16 bits per heavy atom. The number of pyridine rings is 1. The first kappa shape index (κ1) is 20.7. The lowest BCUT2D eigenvalue weighted by molar-refractivity contribution is -0.133. The molecule has 0 bridgehead atoms. The Kier molecular flexibility index (Phi) is 5.03. The summed E-state index contributed by atoms with van der Waals surface area (Å²) < 4.78 is 46.3. The Balaban J connectivity index is 1.71. The lowest BCUT2D eigenvalue weighted by atomic mass is 10.2. The van der Waals surface area contributed by atoms with E-state index in [4.69, 9.17) is 9.72 Å². The van der Waals surface area contributed by atoms with E-state index in [2.05, 4.69) is 15.3 Å². The highest BCUT2D eigenvalue weighted by Gasteiger charge is 2.34. The molecular weight excluding hydrogens is 427 g/mol. The number of alkyl halides is 3. The number of aromatic amines is 1. The summed E-state index contributed by atoms with van der Waals surface area (Å²) in [5, 5.41) is 11.5. The molecule has 9 nitrogen and oxygen atoms in total. The smallest absolute Gasteiger partial charge is 0.377 e. The van der Waals surface area contributed by atoms with Crippen LogP contribution < -0.4 is 9.80 Å². The van der Waals surface area contributed by atoms with Crippen LogP contribution in [0.1, 0.15) is 19.8 Å². The maximum atomic E-state index is 13.0. The molecule has 12 heteroatoms. The number of nitrogens with one attached hydrogen (secondary N) is 1. The maximum Gasteiger partial charge on any atom is 0.390 e. The van der Waals surface area contributed by atoms with Gasteiger partial charge < -0.3 is 14.5 Å². The van der Waals surface area contributed by atoms with E-state index >= 15 is 0 Å². The number of amides is 1. The highest BCUT2D eigenvalue weighted by Crippen LogP contribution is 2.38. The van der Waals surface area contributed by atoms with Gasteiger partial charge in [-0.15, -0.1) is 0 Å². The molecule has 0 saturated carbocycles. The van der Waals surface area contributed by atoms with Gasteiger partial charge in [0.05, 0.1) is 43.6 Å². The van der Waals surface area contributed by atoms with Gasteiger partial charge in [-0.1, -0.05) is 0 Å². The highest BCUT2D eigenvalue weighted by molar-refractivity contribution is 6.06. The summed E-state index contributed by atoms with van der Waals surface area (Å²) in [5.41, 5.74) is 2.66. The Morgan fingerprint density at radius 1 is 1.31 bits per heavy atom. The SMILES string of the molecule is C[C@@H]1COCCN1c1cc2c3c(n1)c(-c1ccn[nH]1)nn3CCC(=O)N2CCC(F)(F)F. The average Bonchev–Trinajstić information content (AvgIpc) is 3.36. The van der Waals surface area contributed by atoms with Crippen molar-refractivity contribution in [1.29, 1.82) is 0 Å². The van der Waals surface area contributed by atoms with E-state index in [0.29, 0.717) is 53.7 Å². The third-order valence-corrected chi connectivity index (χ3v) is 5.83. The van der Waals surface area contributed by atoms with Crippen LogP contribution in [0.25, 0.3) is 22.4 Å². The number of hydrogen-bond acceptors (Lipinski definition) is 6. The fourth-order valence-electron chi connectivity index (χ4n) is 4.26. The van der Waals surface area contributed by atoms with Gasteiger partial charge in [0.2, 0.25) is 5.91 Å². The molecule has 0 aromatic carbocycles. The van der Waals surface area contributed by atoms with Crippen molar-refractivity contribution in [3.05, 3.63) is 18.3 Å². The Hall–Kier alpha value is -3.15. The van der Waals surface area contributed by atoms with Gasteiger partial charge >= 0.3 is 6.18 Å². The number of ether oxygens (including phenoxy) is 1. The zero-order valence-electron chi connectivity index (χ0n) is 17.4. The van der Waals surface area contributed by atoms with Crippen LogP contribution in [0.15, 0.2) is 18.3 Å². The van der Waals surface area contributed by atoms with Crippen LogP contribution in [-0.4, -0.2) is 69.4 Å². The number of H-pyrrole nitrogens is 1. The molecule has 170 valence electrons. The molecule has 1 N–H and O–H groups in total. The molecule has 5 heterocycles.